The lowest BCUT2D eigenvalue weighted by molar-refractivity contribution is 0.963. The summed E-state index contributed by atoms with van der Waals surface area (Å²) in [4.78, 5) is 17.3. The number of halogens is 1. The number of pyridine rings is 2. The maximum atomic E-state index is 5.47. The van der Waals surface area contributed by atoms with E-state index in [0.29, 0.717) is 11.4 Å². The van der Waals surface area contributed by atoms with Gasteiger partial charge in [0.1, 0.15) is 0 Å². The molecule has 0 saturated carbocycles. The molecule has 8 N–H and O–H groups in total. The van der Waals surface area contributed by atoms with Crippen LogP contribution in [0.5, 0.6) is 0 Å². The number of guanidine groups is 2. The zero-order valence-electron chi connectivity index (χ0n) is 18.1. The predicted molar refractivity (Wildman–Crippen MR) is 140 cm³/mol. The Labute approximate surface area is 202 Å². The van der Waals surface area contributed by atoms with Crippen molar-refractivity contribution in [2.24, 2.45) is 32.9 Å². The molecule has 8 nitrogen and oxygen atoms in total. The Balaban J connectivity index is 0.00000274. The number of nitrogens with zero attached hydrogens (tertiary/aromatic N) is 4. The number of hydrogen-bond acceptors (Lipinski definition) is 4. The van der Waals surface area contributed by atoms with Crippen LogP contribution in [-0.4, -0.2) is 21.9 Å². The minimum atomic E-state index is 0. The van der Waals surface area contributed by atoms with Crippen LogP contribution in [0.25, 0.3) is 28.1 Å². The second kappa shape index (κ2) is 9.21. The molecule has 9 heteroatoms. The topological polar surface area (TPSA) is 155 Å². The van der Waals surface area contributed by atoms with E-state index in [0.717, 1.165) is 27.9 Å². The molecule has 1 atom stereocenters. The van der Waals surface area contributed by atoms with E-state index in [1.165, 1.54) is 10.9 Å². The maximum absolute atomic E-state index is 5.47. The molecular formula is C25H23ClN8. The molecule has 0 fully saturated rings. The average molecular weight is 471 g/mol. The Morgan fingerprint density at radius 2 is 1.47 bits per heavy atom. The predicted octanol–water partition coefficient (Wildman–Crippen LogP) is 3.69. The van der Waals surface area contributed by atoms with Crippen LogP contribution in [-0.2, 0) is 0 Å². The van der Waals surface area contributed by atoms with Gasteiger partial charge in [0, 0.05) is 11.5 Å². The minimum absolute atomic E-state index is 0. The summed E-state index contributed by atoms with van der Waals surface area (Å²) in [5.74, 6) is 0.0269. The van der Waals surface area contributed by atoms with Crippen molar-refractivity contribution in [1.29, 1.82) is 0 Å². The summed E-state index contributed by atoms with van der Waals surface area (Å²) in [6.07, 6.45) is 7.65. The van der Waals surface area contributed by atoms with Gasteiger partial charge in [-0.05, 0) is 46.2 Å². The second-order valence-corrected chi connectivity index (χ2v) is 7.73. The van der Waals surface area contributed by atoms with Gasteiger partial charge in [-0.2, -0.15) is 0 Å². The number of nitrogens with two attached hydrogens (primary N) is 4. The Kier molecular flexibility index (Phi) is 6.16. The molecule has 0 bridgehead atoms. The quantitative estimate of drug-likeness (QED) is 0.263. The molecule has 1 aliphatic rings. The van der Waals surface area contributed by atoms with Crippen molar-refractivity contribution in [3.05, 3.63) is 89.9 Å². The van der Waals surface area contributed by atoms with E-state index in [1.807, 2.05) is 24.3 Å². The summed E-state index contributed by atoms with van der Waals surface area (Å²) in [6.45, 7) is 0. The van der Waals surface area contributed by atoms with Crippen molar-refractivity contribution in [3.8, 4) is 11.3 Å². The molecule has 2 heterocycles. The van der Waals surface area contributed by atoms with Gasteiger partial charge in [0.2, 0.25) is 0 Å². The fourth-order valence-electron chi connectivity index (χ4n) is 4.20. The Morgan fingerprint density at radius 1 is 0.765 bits per heavy atom. The highest BCUT2D eigenvalue weighted by Crippen LogP contribution is 2.41. The van der Waals surface area contributed by atoms with Gasteiger partial charge in [0.05, 0.1) is 35.2 Å². The monoisotopic (exact) mass is 470 g/mol. The number of hydrogen-bond donors (Lipinski definition) is 4. The molecule has 170 valence electrons. The van der Waals surface area contributed by atoms with Crippen molar-refractivity contribution in [2.45, 2.75) is 5.92 Å². The van der Waals surface area contributed by atoms with Gasteiger partial charge in [-0.1, -0.05) is 42.5 Å². The molecule has 0 amide bonds. The van der Waals surface area contributed by atoms with E-state index >= 15 is 0 Å². The zero-order chi connectivity index (χ0) is 22.9. The highest BCUT2D eigenvalue weighted by molar-refractivity contribution is 6.01. The van der Waals surface area contributed by atoms with Crippen molar-refractivity contribution in [1.82, 2.24) is 9.97 Å². The van der Waals surface area contributed by atoms with E-state index in [2.05, 4.69) is 62.4 Å². The zero-order valence-corrected chi connectivity index (χ0v) is 18.9. The van der Waals surface area contributed by atoms with Gasteiger partial charge in [-0.25, -0.2) is 9.98 Å². The Bertz CT molecular complexity index is 1430. The van der Waals surface area contributed by atoms with Gasteiger partial charge >= 0.3 is 0 Å². The van der Waals surface area contributed by atoms with E-state index in [-0.39, 0.29) is 30.2 Å². The fourth-order valence-corrected chi connectivity index (χ4v) is 4.20. The number of benzene rings is 2. The van der Waals surface area contributed by atoms with E-state index in [9.17, 15) is 0 Å². The average Bonchev–Trinajstić information content (AvgIpc) is 2.80. The number of rotatable bonds is 4. The molecular weight excluding hydrogens is 448 g/mol. The fraction of sp³-hybridized carbons (Fsp3) is 0.0400. The van der Waals surface area contributed by atoms with E-state index < -0.39 is 0 Å². The van der Waals surface area contributed by atoms with Crippen molar-refractivity contribution in [3.63, 3.8) is 0 Å². The molecule has 4 aromatic rings. The van der Waals surface area contributed by atoms with E-state index in [1.54, 1.807) is 12.4 Å². The first-order valence-corrected chi connectivity index (χ1v) is 10.3. The molecule has 1 aliphatic carbocycles. The van der Waals surface area contributed by atoms with Gasteiger partial charge in [0.15, 0.2) is 11.9 Å². The van der Waals surface area contributed by atoms with Crippen LogP contribution >= 0.6 is 12.4 Å². The lowest BCUT2D eigenvalue weighted by atomic mass is 9.82. The lowest BCUT2D eigenvalue weighted by Gasteiger charge is -2.23. The third kappa shape index (κ3) is 4.26. The van der Waals surface area contributed by atoms with Gasteiger partial charge < -0.3 is 22.9 Å². The highest BCUT2D eigenvalue weighted by Gasteiger charge is 2.22. The normalized spacial score (nSPS) is 13.7. The molecule has 2 aromatic carbocycles. The largest absolute Gasteiger partial charge is 0.370 e. The number of aliphatic imine (C=N–C) groups is 2. The van der Waals surface area contributed by atoms with Gasteiger partial charge in [0.25, 0.3) is 0 Å². The molecule has 0 aliphatic heterocycles. The van der Waals surface area contributed by atoms with Crippen LogP contribution in [0.15, 0.2) is 83.1 Å². The summed E-state index contributed by atoms with van der Waals surface area (Å²) in [6, 6.07) is 18.1. The van der Waals surface area contributed by atoms with Crippen molar-refractivity contribution in [2.75, 3.05) is 0 Å². The maximum Gasteiger partial charge on any atom is 0.191 e. The van der Waals surface area contributed by atoms with Gasteiger partial charge in [-0.3, -0.25) is 9.97 Å². The van der Waals surface area contributed by atoms with Crippen LogP contribution in [0.3, 0.4) is 0 Å². The minimum Gasteiger partial charge on any atom is -0.370 e. The lowest BCUT2D eigenvalue weighted by Crippen LogP contribution is -2.21. The van der Waals surface area contributed by atoms with Crippen LogP contribution in [0.2, 0.25) is 0 Å². The third-order valence-electron chi connectivity index (χ3n) is 5.54. The Morgan fingerprint density at radius 3 is 2.09 bits per heavy atom. The molecule has 0 radical (unpaired) electrons. The first-order valence-electron chi connectivity index (χ1n) is 10.3. The number of aromatic nitrogens is 2. The molecule has 34 heavy (non-hydrogen) atoms. The molecule has 2 aromatic heterocycles. The van der Waals surface area contributed by atoms with E-state index in [4.69, 9.17) is 22.9 Å². The van der Waals surface area contributed by atoms with Crippen LogP contribution in [0.4, 0.5) is 11.4 Å². The summed E-state index contributed by atoms with van der Waals surface area (Å²) in [5, 5.41) is 2.35. The molecule has 5 rings (SSSR count). The summed E-state index contributed by atoms with van der Waals surface area (Å²) in [5.41, 5.74) is 28.2. The summed E-state index contributed by atoms with van der Waals surface area (Å²) in [7, 11) is 0. The first kappa shape index (κ1) is 22.8. The summed E-state index contributed by atoms with van der Waals surface area (Å²) < 4.78 is 0. The molecule has 0 spiro atoms. The standard InChI is InChI=1S/C25H22N8.ClH/c26-24(27)32-15-5-10-21(30-12-15)17-7-4-14-2-1-3-19-18(8-9-20(17)23(14)19)22-11-6-16(13-31-22)33-25(28)29;/h1-13,18H,(H4,26,27,32)(H4,28,29,33);1H. The Hall–Kier alpha value is -4.43. The van der Waals surface area contributed by atoms with Gasteiger partial charge in [-0.15, -0.1) is 12.4 Å². The molecule has 1 unspecified atom stereocenters. The highest BCUT2D eigenvalue weighted by atomic mass is 35.5. The third-order valence-corrected chi connectivity index (χ3v) is 5.54. The summed E-state index contributed by atoms with van der Waals surface area (Å²) >= 11 is 0. The van der Waals surface area contributed by atoms with Crippen molar-refractivity contribution >= 4 is 52.5 Å². The number of allylic oxidation sites excluding steroid dienone is 1. The van der Waals surface area contributed by atoms with Crippen molar-refractivity contribution < 1.29 is 0 Å². The van der Waals surface area contributed by atoms with Crippen LogP contribution < -0.4 is 22.9 Å². The van der Waals surface area contributed by atoms with Crippen LogP contribution in [0, 0.1) is 0 Å². The second-order valence-electron chi connectivity index (χ2n) is 7.73. The first-order chi connectivity index (χ1) is 16.0. The SMILES string of the molecule is Cl.NC(N)=Nc1ccc(-c2ccc3cccc4c3c2C=CC4c2ccc(N=C(N)N)cn2)nc1. The van der Waals surface area contributed by atoms with Crippen LogP contribution in [0.1, 0.15) is 22.7 Å². The smallest absolute Gasteiger partial charge is 0.191 e. The molecule has 0 saturated heterocycles.